The van der Waals surface area contributed by atoms with Gasteiger partial charge in [-0.1, -0.05) is 86.9 Å². The number of fused-ring (bicyclic) bond motifs is 1. The molecule has 0 amide bonds. The van der Waals surface area contributed by atoms with Crippen LogP contribution in [0.2, 0.25) is 0 Å². The number of rotatable bonds is 9. The largest absolute Gasteiger partial charge is 0.205 e. The van der Waals surface area contributed by atoms with Crippen LogP contribution in [0.4, 0.5) is 4.39 Å². The summed E-state index contributed by atoms with van der Waals surface area (Å²) < 4.78 is 15.3. The van der Waals surface area contributed by atoms with E-state index in [1.165, 1.54) is 68.9 Å². The van der Waals surface area contributed by atoms with Crippen molar-refractivity contribution >= 4 is 10.8 Å². The maximum Gasteiger partial charge on any atom is 0.146 e. The molecule has 0 radical (unpaired) electrons. The number of halogens is 1. The Kier molecular flexibility index (Phi) is 9.19. The van der Waals surface area contributed by atoms with Gasteiger partial charge in [0, 0.05) is 10.9 Å². The van der Waals surface area contributed by atoms with Gasteiger partial charge in [-0.25, -0.2) is 4.39 Å². The summed E-state index contributed by atoms with van der Waals surface area (Å²) >= 11 is 0. The molecular weight excluding hydrogens is 427 g/mol. The topological polar surface area (TPSA) is 0 Å². The number of benzene rings is 3. The molecule has 1 heteroatoms. The molecule has 0 bridgehead atoms. The lowest BCUT2D eigenvalue weighted by atomic mass is 9.77. The highest BCUT2D eigenvalue weighted by Gasteiger charge is 2.22. The Morgan fingerprint density at radius 3 is 2.40 bits per heavy atom. The van der Waals surface area contributed by atoms with E-state index >= 15 is 4.39 Å². The highest BCUT2D eigenvalue weighted by atomic mass is 19.1. The predicted octanol–water partition coefficient (Wildman–Crippen LogP) is 9.74. The average Bonchev–Trinajstić information content (AvgIpc) is 2.89. The smallest absolute Gasteiger partial charge is 0.146 e. The summed E-state index contributed by atoms with van der Waals surface area (Å²) in [6.07, 6.45) is 15.7. The summed E-state index contributed by atoms with van der Waals surface area (Å²) in [5.41, 5.74) is 4.10. The van der Waals surface area contributed by atoms with Crippen LogP contribution in [0, 0.1) is 23.6 Å². The molecule has 3 aromatic rings. The van der Waals surface area contributed by atoms with Crippen LogP contribution in [-0.2, 0) is 6.42 Å². The molecule has 1 aliphatic carbocycles. The Balaban J connectivity index is 1.40. The second-order valence-electron chi connectivity index (χ2n) is 10.3. The van der Waals surface area contributed by atoms with Crippen molar-refractivity contribution in [1.29, 1.82) is 0 Å². The molecule has 0 spiro atoms. The van der Waals surface area contributed by atoms with Crippen molar-refractivity contribution in [2.24, 2.45) is 5.92 Å². The minimum atomic E-state index is -0.208. The normalized spacial score (nSPS) is 17.7. The molecule has 0 aromatic heterocycles. The van der Waals surface area contributed by atoms with Crippen LogP contribution in [0.5, 0.6) is 0 Å². The first-order chi connectivity index (χ1) is 17.2. The Hall–Kier alpha value is -2.85. The fourth-order valence-electron chi connectivity index (χ4n) is 5.45. The molecule has 0 N–H and O–H groups in total. The van der Waals surface area contributed by atoms with Crippen LogP contribution < -0.4 is 0 Å². The van der Waals surface area contributed by atoms with Gasteiger partial charge in [0.05, 0.1) is 5.56 Å². The van der Waals surface area contributed by atoms with Crippen molar-refractivity contribution < 1.29 is 4.39 Å². The first kappa shape index (κ1) is 25.2. The van der Waals surface area contributed by atoms with Gasteiger partial charge in [0.15, 0.2) is 0 Å². The minimum Gasteiger partial charge on any atom is -0.205 e. The third-order valence-corrected chi connectivity index (χ3v) is 7.66. The van der Waals surface area contributed by atoms with Crippen molar-refractivity contribution in [2.45, 2.75) is 83.5 Å². The Labute approximate surface area is 211 Å². The standard InChI is InChI=1S/C34H39F/c1-3-5-6-7-8-10-27-11-13-28(14-12-27)17-20-30-21-22-32-25-31(23-24-33(32)34(30)35)29-18-15-26(9-4-2)16-19-29/h4,11-14,21-26,29H,2-3,5-10,15-16,18-19H2,1H3. The second-order valence-corrected chi connectivity index (χ2v) is 10.3. The van der Waals surface area contributed by atoms with Crippen molar-refractivity contribution in [3.05, 3.63) is 95.3 Å². The Bertz CT molecular complexity index is 1170. The van der Waals surface area contributed by atoms with Gasteiger partial charge < -0.3 is 0 Å². The molecule has 0 saturated heterocycles. The van der Waals surface area contributed by atoms with Gasteiger partial charge in [-0.3, -0.25) is 0 Å². The van der Waals surface area contributed by atoms with Crippen molar-refractivity contribution in [3.63, 3.8) is 0 Å². The number of hydrogen-bond donors (Lipinski definition) is 0. The molecule has 0 heterocycles. The molecule has 182 valence electrons. The highest BCUT2D eigenvalue weighted by molar-refractivity contribution is 5.85. The molecule has 0 unspecified atom stereocenters. The molecule has 3 aromatic carbocycles. The second kappa shape index (κ2) is 12.7. The molecule has 4 rings (SSSR count). The summed E-state index contributed by atoms with van der Waals surface area (Å²) in [4.78, 5) is 0. The lowest BCUT2D eigenvalue weighted by Gasteiger charge is -2.28. The van der Waals surface area contributed by atoms with Gasteiger partial charge in [0.2, 0.25) is 0 Å². The summed E-state index contributed by atoms with van der Waals surface area (Å²) in [5, 5.41) is 1.64. The maximum atomic E-state index is 15.3. The van der Waals surface area contributed by atoms with E-state index in [-0.39, 0.29) is 5.82 Å². The molecule has 0 nitrogen and oxygen atoms in total. The van der Waals surface area contributed by atoms with Crippen LogP contribution >= 0.6 is 0 Å². The molecular formula is C34H39F. The van der Waals surface area contributed by atoms with Crippen LogP contribution in [-0.4, -0.2) is 0 Å². The third-order valence-electron chi connectivity index (χ3n) is 7.66. The van der Waals surface area contributed by atoms with Gasteiger partial charge in [-0.15, -0.1) is 6.58 Å². The monoisotopic (exact) mass is 466 g/mol. The van der Waals surface area contributed by atoms with E-state index in [0.717, 1.165) is 29.7 Å². The van der Waals surface area contributed by atoms with Crippen LogP contribution in [0.1, 0.15) is 99.3 Å². The van der Waals surface area contributed by atoms with Gasteiger partial charge >= 0.3 is 0 Å². The summed E-state index contributed by atoms with van der Waals surface area (Å²) in [5.74, 6) is 7.39. The van der Waals surface area contributed by atoms with Crippen LogP contribution in [0.15, 0.2) is 67.3 Å². The van der Waals surface area contributed by atoms with Gasteiger partial charge in [0.25, 0.3) is 0 Å². The zero-order valence-corrected chi connectivity index (χ0v) is 21.3. The zero-order valence-electron chi connectivity index (χ0n) is 21.3. The molecule has 1 saturated carbocycles. The van der Waals surface area contributed by atoms with E-state index in [2.05, 4.69) is 67.8 Å². The summed E-state index contributed by atoms with van der Waals surface area (Å²) in [7, 11) is 0. The molecule has 0 atom stereocenters. The van der Waals surface area contributed by atoms with E-state index < -0.39 is 0 Å². The number of hydrogen-bond acceptors (Lipinski definition) is 0. The quantitative estimate of drug-likeness (QED) is 0.167. The lowest BCUT2D eigenvalue weighted by Crippen LogP contribution is -2.12. The summed E-state index contributed by atoms with van der Waals surface area (Å²) in [6.45, 7) is 6.13. The first-order valence-corrected chi connectivity index (χ1v) is 13.6. The zero-order chi connectivity index (χ0) is 24.5. The van der Waals surface area contributed by atoms with E-state index in [1.807, 2.05) is 18.2 Å². The van der Waals surface area contributed by atoms with Crippen molar-refractivity contribution in [3.8, 4) is 11.8 Å². The molecule has 1 aliphatic rings. The van der Waals surface area contributed by atoms with Gasteiger partial charge in [0.1, 0.15) is 5.82 Å². The highest BCUT2D eigenvalue weighted by Crippen LogP contribution is 2.38. The van der Waals surface area contributed by atoms with E-state index in [9.17, 15) is 0 Å². The third kappa shape index (κ3) is 6.85. The number of unbranched alkanes of at least 4 members (excludes halogenated alkanes) is 4. The van der Waals surface area contributed by atoms with Gasteiger partial charge in [-0.05, 0) is 91.5 Å². The lowest BCUT2D eigenvalue weighted by molar-refractivity contribution is 0.328. The fraction of sp³-hybridized carbons (Fsp3) is 0.412. The SMILES string of the molecule is C=CCC1CCC(c2ccc3c(F)c(C#Cc4ccc(CCCCCCC)cc4)ccc3c2)CC1. The minimum absolute atomic E-state index is 0.208. The molecule has 1 fully saturated rings. The Morgan fingerprint density at radius 2 is 1.66 bits per heavy atom. The van der Waals surface area contributed by atoms with Crippen molar-refractivity contribution in [1.82, 2.24) is 0 Å². The van der Waals surface area contributed by atoms with E-state index in [0.29, 0.717) is 16.9 Å². The van der Waals surface area contributed by atoms with Crippen LogP contribution in [0.3, 0.4) is 0 Å². The number of aryl methyl sites for hydroxylation is 1. The number of allylic oxidation sites excluding steroid dienone is 1. The molecule has 35 heavy (non-hydrogen) atoms. The van der Waals surface area contributed by atoms with Crippen molar-refractivity contribution in [2.75, 3.05) is 0 Å². The maximum absolute atomic E-state index is 15.3. The van der Waals surface area contributed by atoms with E-state index in [1.54, 1.807) is 0 Å². The van der Waals surface area contributed by atoms with Gasteiger partial charge in [-0.2, -0.15) is 0 Å². The van der Waals surface area contributed by atoms with E-state index in [4.69, 9.17) is 0 Å². The summed E-state index contributed by atoms with van der Waals surface area (Å²) in [6, 6.07) is 18.6. The average molecular weight is 467 g/mol. The molecule has 0 aliphatic heterocycles. The van der Waals surface area contributed by atoms with Crippen LogP contribution in [0.25, 0.3) is 10.8 Å². The Morgan fingerprint density at radius 1 is 0.886 bits per heavy atom. The fourth-order valence-corrected chi connectivity index (χ4v) is 5.45. The first-order valence-electron chi connectivity index (χ1n) is 13.6. The predicted molar refractivity (Wildman–Crippen MR) is 148 cm³/mol.